The van der Waals surface area contributed by atoms with Crippen LogP contribution in [0.25, 0.3) is 0 Å². The van der Waals surface area contributed by atoms with Gasteiger partial charge in [0.25, 0.3) is 0 Å². The fourth-order valence-electron chi connectivity index (χ4n) is 1.39. The van der Waals surface area contributed by atoms with Crippen LogP contribution in [0.4, 0.5) is 0 Å². The average molecular weight is 297 g/mol. The van der Waals surface area contributed by atoms with Crippen LogP contribution >= 0.6 is 15.9 Å². The van der Waals surface area contributed by atoms with E-state index < -0.39 is 5.97 Å². The number of rotatable bonds is 4. The van der Waals surface area contributed by atoms with Crippen molar-refractivity contribution in [2.45, 2.75) is 12.8 Å². The molecule has 1 aromatic carbocycles. The molecule has 0 aliphatic heterocycles. The van der Waals surface area contributed by atoms with Crippen molar-refractivity contribution in [1.29, 1.82) is 0 Å². The van der Waals surface area contributed by atoms with Gasteiger partial charge in [-0.2, -0.15) is 4.98 Å². The van der Waals surface area contributed by atoms with Gasteiger partial charge in [0.1, 0.15) is 6.42 Å². The predicted octanol–water partition coefficient (Wildman–Crippen LogP) is 2.05. The normalized spacial score (nSPS) is 10.4. The second-order valence-electron chi connectivity index (χ2n) is 3.48. The zero-order chi connectivity index (χ0) is 12.3. The second kappa shape index (κ2) is 5.09. The lowest BCUT2D eigenvalue weighted by Gasteiger charge is -1.96. The minimum absolute atomic E-state index is 0.197. The Bertz CT molecular complexity index is 539. The molecule has 17 heavy (non-hydrogen) atoms. The summed E-state index contributed by atoms with van der Waals surface area (Å²) in [5, 5.41) is 12.2. The second-order valence-corrected chi connectivity index (χ2v) is 4.40. The van der Waals surface area contributed by atoms with E-state index in [1.54, 1.807) is 0 Å². The van der Waals surface area contributed by atoms with Gasteiger partial charge in [0.15, 0.2) is 5.82 Å². The van der Waals surface area contributed by atoms with E-state index in [4.69, 9.17) is 9.63 Å². The van der Waals surface area contributed by atoms with Gasteiger partial charge in [0.2, 0.25) is 5.89 Å². The molecule has 0 atom stereocenters. The third-order valence-corrected chi connectivity index (χ3v) is 2.56. The topological polar surface area (TPSA) is 76.2 Å². The molecule has 0 aliphatic rings. The van der Waals surface area contributed by atoms with Crippen LogP contribution in [0.15, 0.2) is 33.3 Å². The van der Waals surface area contributed by atoms with Gasteiger partial charge in [-0.05, 0) is 17.7 Å². The molecular weight excluding hydrogens is 288 g/mol. The van der Waals surface area contributed by atoms with Crippen molar-refractivity contribution in [3.05, 3.63) is 46.0 Å². The summed E-state index contributed by atoms with van der Waals surface area (Å²) in [7, 11) is 0. The minimum Gasteiger partial charge on any atom is -0.481 e. The molecular formula is C11H9BrN2O3. The van der Waals surface area contributed by atoms with Gasteiger partial charge in [-0.25, -0.2) is 0 Å². The van der Waals surface area contributed by atoms with Crippen LogP contribution in [-0.2, 0) is 17.6 Å². The highest BCUT2D eigenvalue weighted by Gasteiger charge is 2.10. The molecule has 88 valence electrons. The first kappa shape index (κ1) is 11.8. The molecule has 0 saturated heterocycles. The van der Waals surface area contributed by atoms with Crippen LogP contribution in [-0.4, -0.2) is 21.2 Å². The first-order chi connectivity index (χ1) is 8.13. The maximum atomic E-state index is 10.5. The van der Waals surface area contributed by atoms with Gasteiger partial charge in [-0.3, -0.25) is 4.79 Å². The first-order valence-electron chi connectivity index (χ1n) is 4.91. The number of carboxylic acids is 1. The smallest absolute Gasteiger partial charge is 0.311 e. The third-order valence-electron chi connectivity index (χ3n) is 2.06. The van der Waals surface area contributed by atoms with Gasteiger partial charge >= 0.3 is 5.97 Å². The number of aliphatic carboxylic acids is 1. The Morgan fingerprint density at radius 1 is 1.47 bits per heavy atom. The van der Waals surface area contributed by atoms with E-state index in [0.29, 0.717) is 12.3 Å². The zero-order valence-corrected chi connectivity index (χ0v) is 10.3. The minimum atomic E-state index is -0.972. The molecule has 0 amide bonds. The fourth-order valence-corrected chi connectivity index (χ4v) is 1.84. The van der Waals surface area contributed by atoms with Crippen LogP contribution in [0.3, 0.4) is 0 Å². The Labute approximate surface area is 106 Å². The summed E-state index contributed by atoms with van der Waals surface area (Å²) >= 11 is 3.37. The van der Waals surface area contributed by atoms with Gasteiger partial charge in [-0.1, -0.05) is 33.2 Å². The molecule has 2 aromatic rings. The first-order valence-corrected chi connectivity index (χ1v) is 5.70. The van der Waals surface area contributed by atoms with Crippen molar-refractivity contribution in [3.63, 3.8) is 0 Å². The summed E-state index contributed by atoms with van der Waals surface area (Å²) in [6.45, 7) is 0. The molecule has 5 nitrogen and oxygen atoms in total. The van der Waals surface area contributed by atoms with Crippen molar-refractivity contribution in [2.24, 2.45) is 0 Å². The van der Waals surface area contributed by atoms with E-state index in [0.717, 1.165) is 10.0 Å². The zero-order valence-electron chi connectivity index (χ0n) is 8.76. The highest BCUT2D eigenvalue weighted by molar-refractivity contribution is 9.10. The number of halogens is 1. The Balaban J connectivity index is 2.08. The largest absolute Gasteiger partial charge is 0.481 e. The molecule has 1 N–H and O–H groups in total. The molecule has 0 saturated carbocycles. The standard InChI is InChI=1S/C11H9BrN2O3/c12-8-3-1-2-7(4-8)5-10-13-9(14-17-10)6-11(15)16/h1-4H,5-6H2,(H,15,16). The lowest BCUT2D eigenvalue weighted by Crippen LogP contribution is -2.01. The molecule has 6 heteroatoms. The van der Waals surface area contributed by atoms with Crippen molar-refractivity contribution in [3.8, 4) is 0 Å². The van der Waals surface area contributed by atoms with Gasteiger partial charge in [0.05, 0.1) is 6.42 Å². The van der Waals surface area contributed by atoms with Crippen LogP contribution in [0, 0.1) is 0 Å². The van der Waals surface area contributed by atoms with Crippen LogP contribution in [0.1, 0.15) is 17.3 Å². The van der Waals surface area contributed by atoms with Gasteiger partial charge in [-0.15, -0.1) is 0 Å². The van der Waals surface area contributed by atoms with Crippen LogP contribution in [0.2, 0.25) is 0 Å². The van der Waals surface area contributed by atoms with E-state index in [1.807, 2.05) is 24.3 Å². The number of aromatic nitrogens is 2. The summed E-state index contributed by atoms with van der Waals surface area (Å²) < 4.78 is 5.94. The van der Waals surface area contributed by atoms with Crippen LogP contribution in [0.5, 0.6) is 0 Å². The predicted molar refractivity (Wildman–Crippen MR) is 62.6 cm³/mol. The van der Waals surface area contributed by atoms with Crippen molar-refractivity contribution < 1.29 is 14.4 Å². The molecule has 0 fully saturated rings. The van der Waals surface area contributed by atoms with Crippen molar-refractivity contribution >= 4 is 21.9 Å². The number of hydrogen-bond acceptors (Lipinski definition) is 4. The Morgan fingerprint density at radius 3 is 3.00 bits per heavy atom. The highest BCUT2D eigenvalue weighted by Crippen LogP contribution is 2.14. The molecule has 0 radical (unpaired) electrons. The average Bonchev–Trinajstić information content (AvgIpc) is 2.64. The lowest BCUT2D eigenvalue weighted by atomic mass is 10.1. The monoisotopic (exact) mass is 296 g/mol. The highest BCUT2D eigenvalue weighted by atomic mass is 79.9. The summed E-state index contributed by atoms with van der Waals surface area (Å²) in [6, 6.07) is 7.72. The Morgan fingerprint density at radius 2 is 2.29 bits per heavy atom. The van der Waals surface area contributed by atoms with E-state index in [2.05, 4.69) is 26.1 Å². The maximum absolute atomic E-state index is 10.5. The van der Waals surface area contributed by atoms with E-state index >= 15 is 0 Å². The number of carboxylic acid groups (broad SMARTS) is 1. The molecule has 1 heterocycles. The molecule has 0 spiro atoms. The van der Waals surface area contributed by atoms with Crippen molar-refractivity contribution in [1.82, 2.24) is 10.1 Å². The molecule has 2 rings (SSSR count). The summed E-state index contributed by atoms with van der Waals surface area (Å²) in [4.78, 5) is 14.5. The summed E-state index contributed by atoms with van der Waals surface area (Å²) in [5.74, 6) is -0.360. The third kappa shape index (κ3) is 3.39. The van der Waals surface area contributed by atoms with E-state index in [1.165, 1.54) is 0 Å². The number of nitrogens with zero attached hydrogens (tertiary/aromatic N) is 2. The molecule has 0 bridgehead atoms. The van der Waals surface area contributed by atoms with Gasteiger partial charge < -0.3 is 9.63 Å². The van der Waals surface area contributed by atoms with E-state index in [-0.39, 0.29) is 12.2 Å². The molecule has 1 aromatic heterocycles. The SMILES string of the molecule is O=C(O)Cc1noc(Cc2cccc(Br)c2)n1. The van der Waals surface area contributed by atoms with Gasteiger partial charge in [0, 0.05) is 4.47 Å². The fraction of sp³-hybridized carbons (Fsp3) is 0.182. The molecule has 0 aliphatic carbocycles. The number of benzene rings is 1. The van der Waals surface area contributed by atoms with E-state index in [9.17, 15) is 4.79 Å². The van der Waals surface area contributed by atoms with Crippen molar-refractivity contribution in [2.75, 3.05) is 0 Å². The quantitative estimate of drug-likeness (QED) is 0.934. The number of hydrogen-bond donors (Lipinski definition) is 1. The number of carbonyl (C=O) groups is 1. The molecule has 0 unspecified atom stereocenters. The Hall–Kier alpha value is -1.69. The summed E-state index contributed by atoms with van der Waals surface area (Å²) in [6.07, 6.45) is 0.272. The maximum Gasteiger partial charge on any atom is 0.311 e. The Kier molecular flexibility index (Phi) is 3.53. The summed E-state index contributed by atoms with van der Waals surface area (Å²) in [5.41, 5.74) is 1.02. The lowest BCUT2D eigenvalue weighted by molar-refractivity contribution is -0.136. The van der Waals surface area contributed by atoms with Crippen LogP contribution < -0.4 is 0 Å².